The Kier molecular flexibility index (Phi) is 3.03. The minimum absolute atomic E-state index is 0.0362. The van der Waals surface area contributed by atoms with E-state index in [4.69, 9.17) is 11.6 Å². The number of anilines is 1. The highest BCUT2D eigenvalue weighted by atomic mass is 35.5. The van der Waals surface area contributed by atoms with Gasteiger partial charge in [-0.2, -0.15) is 0 Å². The van der Waals surface area contributed by atoms with Crippen LogP contribution >= 0.6 is 11.6 Å². The second kappa shape index (κ2) is 4.71. The van der Waals surface area contributed by atoms with Crippen molar-refractivity contribution < 1.29 is 4.79 Å². The smallest absolute Gasteiger partial charge is 0.258 e. The Hall–Kier alpha value is -1.80. The van der Waals surface area contributed by atoms with Crippen molar-refractivity contribution in [2.45, 2.75) is 19.4 Å². The molecule has 1 aliphatic rings. The molecule has 0 radical (unpaired) electrons. The zero-order valence-corrected chi connectivity index (χ0v) is 11.4. The van der Waals surface area contributed by atoms with Crippen molar-refractivity contribution in [1.29, 1.82) is 0 Å². The number of hydrogen-bond acceptors (Lipinski definition) is 1. The van der Waals surface area contributed by atoms with Gasteiger partial charge in [-0.25, -0.2) is 0 Å². The summed E-state index contributed by atoms with van der Waals surface area (Å²) in [5.74, 6) is 0.0362. The first kappa shape index (κ1) is 12.2. The lowest BCUT2D eigenvalue weighted by Gasteiger charge is -2.22. The molecular formula is C16H14ClNO. The molecule has 0 N–H and O–H groups in total. The topological polar surface area (TPSA) is 20.3 Å². The monoisotopic (exact) mass is 271 g/mol. The Morgan fingerprint density at radius 2 is 1.84 bits per heavy atom. The van der Waals surface area contributed by atoms with Crippen LogP contribution in [0.25, 0.3) is 0 Å². The zero-order valence-electron chi connectivity index (χ0n) is 10.6. The fourth-order valence-electron chi connectivity index (χ4n) is 2.61. The average Bonchev–Trinajstić information content (AvgIpc) is 2.74. The van der Waals surface area contributed by atoms with Gasteiger partial charge in [-0.15, -0.1) is 0 Å². The van der Waals surface area contributed by atoms with Gasteiger partial charge in [-0.3, -0.25) is 4.79 Å². The van der Waals surface area contributed by atoms with E-state index in [0.717, 1.165) is 12.1 Å². The Labute approximate surface area is 117 Å². The third kappa shape index (κ3) is 2.13. The summed E-state index contributed by atoms with van der Waals surface area (Å²) in [5.41, 5.74) is 2.93. The Balaban J connectivity index is 1.98. The number of nitrogens with zero attached hydrogens (tertiary/aromatic N) is 1. The van der Waals surface area contributed by atoms with E-state index in [1.165, 1.54) is 5.56 Å². The van der Waals surface area contributed by atoms with Crippen LogP contribution in [0.3, 0.4) is 0 Å². The van der Waals surface area contributed by atoms with E-state index < -0.39 is 0 Å². The van der Waals surface area contributed by atoms with Gasteiger partial charge in [0.2, 0.25) is 0 Å². The molecule has 0 saturated carbocycles. The summed E-state index contributed by atoms with van der Waals surface area (Å²) in [6.45, 7) is 2.08. The largest absolute Gasteiger partial charge is 0.305 e. The quantitative estimate of drug-likeness (QED) is 0.769. The standard InChI is InChI=1S/C16H14ClNO/c1-11-10-13-4-2-3-5-15(13)18(11)16(19)12-6-8-14(17)9-7-12/h2-9,11H,10H2,1H3. The summed E-state index contributed by atoms with van der Waals surface area (Å²) in [6.07, 6.45) is 0.912. The highest BCUT2D eigenvalue weighted by Crippen LogP contribution is 2.33. The second-order valence-electron chi connectivity index (χ2n) is 4.86. The lowest BCUT2D eigenvalue weighted by atomic mass is 10.1. The maximum absolute atomic E-state index is 12.6. The fraction of sp³-hybridized carbons (Fsp3) is 0.188. The maximum Gasteiger partial charge on any atom is 0.258 e. The molecule has 3 rings (SSSR count). The summed E-state index contributed by atoms with van der Waals surface area (Å²) in [7, 11) is 0. The van der Waals surface area contributed by atoms with E-state index in [1.54, 1.807) is 24.3 Å². The van der Waals surface area contributed by atoms with Gasteiger partial charge < -0.3 is 4.90 Å². The number of hydrogen-bond donors (Lipinski definition) is 0. The average molecular weight is 272 g/mol. The number of carbonyl (C=O) groups excluding carboxylic acids is 1. The van der Waals surface area contributed by atoms with Crippen LogP contribution in [-0.2, 0) is 6.42 Å². The van der Waals surface area contributed by atoms with Crippen molar-refractivity contribution in [2.75, 3.05) is 4.90 Å². The summed E-state index contributed by atoms with van der Waals surface area (Å²) in [4.78, 5) is 14.5. The van der Waals surface area contributed by atoms with Crippen molar-refractivity contribution in [3.63, 3.8) is 0 Å². The van der Waals surface area contributed by atoms with E-state index in [9.17, 15) is 4.79 Å². The predicted molar refractivity (Wildman–Crippen MR) is 77.9 cm³/mol. The molecule has 0 fully saturated rings. The lowest BCUT2D eigenvalue weighted by molar-refractivity contribution is 0.0981. The van der Waals surface area contributed by atoms with Crippen molar-refractivity contribution in [3.05, 3.63) is 64.7 Å². The number of amides is 1. The van der Waals surface area contributed by atoms with Crippen LogP contribution in [-0.4, -0.2) is 11.9 Å². The number of para-hydroxylation sites is 1. The van der Waals surface area contributed by atoms with Crippen molar-refractivity contribution in [2.24, 2.45) is 0 Å². The third-order valence-electron chi connectivity index (χ3n) is 3.52. The number of rotatable bonds is 1. The highest BCUT2D eigenvalue weighted by Gasteiger charge is 2.30. The third-order valence-corrected chi connectivity index (χ3v) is 3.77. The summed E-state index contributed by atoms with van der Waals surface area (Å²) >= 11 is 5.86. The summed E-state index contributed by atoms with van der Waals surface area (Å²) < 4.78 is 0. The SMILES string of the molecule is CC1Cc2ccccc2N1C(=O)c1ccc(Cl)cc1. The summed E-state index contributed by atoms with van der Waals surface area (Å²) in [5, 5.41) is 0.645. The molecule has 0 aromatic heterocycles. The predicted octanol–water partition coefficient (Wildman–Crippen LogP) is 3.93. The van der Waals surface area contributed by atoms with Crippen LogP contribution < -0.4 is 4.90 Å². The lowest BCUT2D eigenvalue weighted by Crippen LogP contribution is -2.35. The van der Waals surface area contributed by atoms with E-state index >= 15 is 0 Å². The molecule has 0 bridgehead atoms. The normalized spacial score (nSPS) is 17.4. The Morgan fingerprint density at radius 1 is 1.16 bits per heavy atom. The number of halogens is 1. The van der Waals surface area contributed by atoms with Gasteiger partial charge in [-0.1, -0.05) is 29.8 Å². The Morgan fingerprint density at radius 3 is 2.58 bits per heavy atom. The van der Waals surface area contributed by atoms with Gasteiger partial charge in [-0.05, 0) is 49.2 Å². The van der Waals surface area contributed by atoms with E-state index in [0.29, 0.717) is 10.6 Å². The van der Waals surface area contributed by atoms with Crippen LogP contribution in [0.4, 0.5) is 5.69 Å². The molecule has 1 heterocycles. The first-order valence-electron chi connectivity index (χ1n) is 6.34. The van der Waals surface area contributed by atoms with Gasteiger partial charge >= 0.3 is 0 Å². The molecular weight excluding hydrogens is 258 g/mol. The molecule has 2 aromatic carbocycles. The van der Waals surface area contributed by atoms with E-state index in [-0.39, 0.29) is 11.9 Å². The molecule has 1 atom stereocenters. The van der Waals surface area contributed by atoms with E-state index in [2.05, 4.69) is 13.0 Å². The van der Waals surface area contributed by atoms with Gasteiger partial charge in [0.1, 0.15) is 0 Å². The van der Waals surface area contributed by atoms with Crippen LogP contribution in [0.5, 0.6) is 0 Å². The number of fused-ring (bicyclic) bond motifs is 1. The molecule has 1 aliphatic heterocycles. The summed E-state index contributed by atoms with van der Waals surface area (Å²) in [6, 6.07) is 15.3. The van der Waals surface area contributed by atoms with Crippen LogP contribution in [0, 0.1) is 0 Å². The minimum atomic E-state index is 0.0362. The van der Waals surface area contributed by atoms with Crippen molar-refractivity contribution in [3.8, 4) is 0 Å². The molecule has 0 spiro atoms. The fourth-order valence-corrected chi connectivity index (χ4v) is 2.73. The first-order valence-corrected chi connectivity index (χ1v) is 6.71. The zero-order chi connectivity index (χ0) is 13.4. The maximum atomic E-state index is 12.6. The first-order chi connectivity index (χ1) is 9.16. The van der Waals surface area contributed by atoms with Crippen molar-refractivity contribution >= 4 is 23.2 Å². The number of benzene rings is 2. The van der Waals surface area contributed by atoms with E-state index in [1.807, 2.05) is 23.1 Å². The Bertz CT molecular complexity index is 621. The molecule has 1 amide bonds. The van der Waals surface area contributed by atoms with Gasteiger partial charge in [0.15, 0.2) is 0 Å². The second-order valence-corrected chi connectivity index (χ2v) is 5.30. The molecule has 3 heteroatoms. The van der Waals surface area contributed by atoms with Crippen LogP contribution in [0.15, 0.2) is 48.5 Å². The molecule has 0 aliphatic carbocycles. The van der Waals surface area contributed by atoms with Crippen LogP contribution in [0.1, 0.15) is 22.8 Å². The van der Waals surface area contributed by atoms with Gasteiger partial charge in [0, 0.05) is 22.3 Å². The molecule has 96 valence electrons. The van der Waals surface area contributed by atoms with Crippen LogP contribution in [0.2, 0.25) is 5.02 Å². The number of carbonyl (C=O) groups is 1. The van der Waals surface area contributed by atoms with Gasteiger partial charge in [0.05, 0.1) is 0 Å². The van der Waals surface area contributed by atoms with Gasteiger partial charge in [0.25, 0.3) is 5.91 Å². The molecule has 1 unspecified atom stereocenters. The molecule has 19 heavy (non-hydrogen) atoms. The molecule has 2 nitrogen and oxygen atoms in total. The molecule has 2 aromatic rings. The minimum Gasteiger partial charge on any atom is -0.305 e. The molecule has 0 saturated heterocycles. The van der Waals surface area contributed by atoms with Crippen molar-refractivity contribution in [1.82, 2.24) is 0 Å². The highest BCUT2D eigenvalue weighted by molar-refractivity contribution is 6.30.